The van der Waals surface area contributed by atoms with E-state index in [4.69, 9.17) is 14.2 Å². The highest BCUT2D eigenvalue weighted by molar-refractivity contribution is 5.97. The Balaban J connectivity index is 0.000000214. The summed E-state index contributed by atoms with van der Waals surface area (Å²) in [4.78, 5) is 62.4. The summed E-state index contributed by atoms with van der Waals surface area (Å²) in [6.45, 7) is 0.0470. The van der Waals surface area contributed by atoms with Crippen LogP contribution < -0.4 is 9.47 Å². The molecule has 8 rings (SSSR count). The van der Waals surface area contributed by atoms with Crippen LogP contribution in [0, 0.1) is 11.8 Å². The van der Waals surface area contributed by atoms with Crippen molar-refractivity contribution >= 4 is 23.8 Å². The predicted molar refractivity (Wildman–Crippen MR) is 231 cm³/mol. The molecule has 4 fully saturated rings. The van der Waals surface area contributed by atoms with E-state index in [1.165, 1.54) is 4.90 Å². The van der Waals surface area contributed by atoms with Crippen LogP contribution in [0.3, 0.4) is 0 Å². The number of rotatable bonds is 12. The molecule has 4 atom stereocenters. The Morgan fingerprint density at radius 1 is 0.575 bits per heavy atom. The Morgan fingerprint density at radius 3 is 1.29 bits per heavy atom. The first-order valence-corrected chi connectivity index (χ1v) is 22.9. The summed E-state index contributed by atoms with van der Waals surface area (Å²) in [6.07, 6.45) is -11.6. The molecular weight excluding hydrogens is 1000 g/mol. The molecule has 0 radical (unpaired) electrons. The Hall–Kier alpha value is -6.62. The predicted octanol–water partition coefficient (Wildman–Crippen LogP) is 10.9. The number of hydrogen-bond donors (Lipinski definition) is 1. The van der Waals surface area contributed by atoms with Gasteiger partial charge in [-0.15, -0.1) is 0 Å². The molecule has 2 saturated carbocycles. The Labute approximate surface area is 408 Å². The fourth-order valence-corrected chi connectivity index (χ4v) is 9.39. The van der Waals surface area contributed by atoms with Crippen molar-refractivity contribution in [1.29, 1.82) is 0 Å². The molecule has 4 heterocycles. The zero-order valence-corrected chi connectivity index (χ0v) is 38.5. The van der Waals surface area contributed by atoms with E-state index in [0.717, 1.165) is 111 Å². The molecule has 2 aliphatic heterocycles. The molecule has 0 bridgehead atoms. The van der Waals surface area contributed by atoms with Crippen molar-refractivity contribution < 1.29 is 91.2 Å². The summed E-state index contributed by atoms with van der Waals surface area (Å²) < 4.78 is 177. The Bertz CT molecular complexity index is 2640. The normalized spacial score (nSPS) is 22.6. The largest absolute Gasteiger partial charge is 0.478 e. The number of ether oxygens (including phenoxy) is 3. The van der Waals surface area contributed by atoms with Crippen molar-refractivity contribution in [3.8, 4) is 11.5 Å². The first-order chi connectivity index (χ1) is 34.2. The van der Waals surface area contributed by atoms with Gasteiger partial charge in [0.25, 0.3) is 11.8 Å². The lowest BCUT2D eigenvalue weighted by Crippen LogP contribution is -2.65. The fraction of sp³-hybridized carbons (Fsp3) is 0.469. The zero-order valence-electron chi connectivity index (χ0n) is 38.5. The van der Waals surface area contributed by atoms with Crippen LogP contribution in [-0.2, 0) is 39.0 Å². The van der Waals surface area contributed by atoms with Crippen molar-refractivity contribution in [2.45, 2.75) is 112 Å². The number of carboxylic acid groups (broad SMARTS) is 1. The number of alkyl halides is 12. The molecule has 24 heteroatoms. The quantitative estimate of drug-likeness (QED) is 0.107. The molecule has 394 valence electrons. The first kappa shape index (κ1) is 54.2. The Morgan fingerprint density at radius 2 is 0.945 bits per heavy atom. The number of halogens is 12. The second kappa shape index (κ2) is 20.7. The van der Waals surface area contributed by atoms with Crippen LogP contribution in [0.2, 0.25) is 0 Å². The minimum atomic E-state index is -4.84. The molecule has 0 spiro atoms. The number of nitrogens with zero attached hydrogens (tertiary/aromatic N) is 4. The summed E-state index contributed by atoms with van der Waals surface area (Å²) in [5.74, 6) is -4.37. The number of aromatic nitrogens is 2. The number of carbonyl (C=O) groups excluding carboxylic acids is 3. The standard InChI is InChI=1S/C25H24F6N2O4.C24H22F6N2O4/c1-36-22(35)23(37-17-7-5-16(6-8-17)24(26,27)28)10-2-12-33(20(23)13-15-3-4-15)21(34)18-14-32-11-9-19(18)25(29,30)31;25-23(26,27)15-4-6-16(7-5-15)36-22(21(34)35)9-1-11-32(19(22)12-14-2-3-14)20(33)17-13-31-10-8-18(17)24(28,29)30/h5-9,11,14-15,20H,2-4,10,12-13H2,1H3;4-8,10,13-14,19H,1-3,9,11-12H2,(H,34,35)/t20-,23+;19-,22+/m11/s1. The molecule has 2 aromatic carbocycles. The molecule has 12 nitrogen and oxygen atoms in total. The second-order valence-corrected chi connectivity index (χ2v) is 18.3. The van der Waals surface area contributed by atoms with Gasteiger partial charge in [0.05, 0.1) is 52.6 Å². The monoisotopic (exact) mass is 1050 g/mol. The van der Waals surface area contributed by atoms with Crippen molar-refractivity contribution in [3.63, 3.8) is 0 Å². The SMILES string of the molecule is COC(=O)[C@]1(Oc2ccc(C(F)(F)F)cc2)CCCN(C(=O)c2cnccc2C(F)(F)F)[C@@H]1CC1CC1.O=C(c1cnccc1C(F)(F)F)N1CCC[C@@](Oc2ccc(C(F)(F)F)cc2)(C(=O)O)[C@H]1CC1CC1. The number of benzene rings is 2. The molecular formula is C49H46F12N4O8. The van der Waals surface area contributed by atoms with Gasteiger partial charge in [0.2, 0.25) is 11.2 Å². The number of carbonyl (C=O) groups is 4. The van der Waals surface area contributed by atoms with Crippen molar-refractivity contribution in [2.75, 3.05) is 20.2 Å². The maximum atomic E-state index is 13.7. The van der Waals surface area contributed by atoms with Crippen molar-refractivity contribution in [2.24, 2.45) is 11.8 Å². The highest BCUT2D eigenvalue weighted by Gasteiger charge is 2.58. The first-order valence-electron chi connectivity index (χ1n) is 22.9. The van der Waals surface area contributed by atoms with E-state index < -0.39 is 105 Å². The number of likely N-dealkylation sites (tertiary alicyclic amines) is 2. The van der Waals surface area contributed by atoms with Gasteiger partial charge >= 0.3 is 36.6 Å². The third-order valence-electron chi connectivity index (χ3n) is 13.3. The summed E-state index contributed by atoms with van der Waals surface area (Å²) >= 11 is 0. The maximum Gasteiger partial charge on any atom is 0.417 e. The number of pyridine rings is 2. The van der Waals surface area contributed by atoms with E-state index in [1.807, 2.05) is 0 Å². The second-order valence-electron chi connectivity index (χ2n) is 18.3. The maximum absolute atomic E-state index is 13.7. The molecule has 2 aliphatic carbocycles. The lowest BCUT2D eigenvalue weighted by Gasteiger charge is -2.48. The number of amides is 2. The third-order valence-corrected chi connectivity index (χ3v) is 13.3. The minimum absolute atomic E-state index is 0.00614. The van der Waals surface area contributed by atoms with Crippen LogP contribution in [0.1, 0.15) is 107 Å². The van der Waals surface area contributed by atoms with Gasteiger partial charge in [0.15, 0.2) is 0 Å². The van der Waals surface area contributed by atoms with E-state index >= 15 is 0 Å². The van der Waals surface area contributed by atoms with Crippen LogP contribution in [0.4, 0.5) is 52.7 Å². The number of aliphatic carboxylic acids is 1. The van der Waals surface area contributed by atoms with Gasteiger partial charge in [0.1, 0.15) is 11.5 Å². The molecule has 73 heavy (non-hydrogen) atoms. The number of esters is 1. The average molecular weight is 1050 g/mol. The number of hydrogen-bond acceptors (Lipinski definition) is 9. The molecule has 2 saturated heterocycles. The molecule has 0 unspecified atom stereocenters. The topological polar surface area (TPSA) is 148 Å². The van der Waals surface area contributed by atoms with Crippen LogP contribution in [0.5, 0.6) is 11.5 Å². The lowest BCUT2D eigenvalue weighted by molar-refractivity contribution is -0.170. The zero-order chi connectivity index (χ0) is 53.3. The van der Waals surface area contributed by atoms with Crippen LogP contribution in [0.25, 0.3) is 0 Å². The summed E-state index contributed by atoms with van der Waals surface area (Å²) in [7, 11) is 1.11. The van der Waals surface area contributed by atoms with Gasteiger partial charge in [0, 0.05) is 50.7 Å². The summed E-state index contributed by atoms with van der Waals surface area (Å²) in [5.41, 5.74) is -9.47. The van der Waals surface area contributed by atoms with E-state index in [2.05, 4.69) is 9.97 Å². The highest BCUT2D eigenvalue weighted by Crippen LogP contribution is 2.46. The van der Waals surface area contributed by atoms with Gasteiger partial charge in [-0.25, -0.2) is 9.59 Å². The minimum Gasteiger partial charge on any atom is -0.478 e. The van der Waals surface area contributed by atoms with E-state index in [0.29, 0.717) is 12.1 Å². The van der Waals surface area contributed by atoms with Crippen molar-refractivity contribution in [1.82, 2.24) is 19.8 Å². The molecule has 4 aromatic rings. The number of piperidine rings is 2. The van der Waals surface area contributed by atoms with E-state index in [1.54, 1.807) is 0 Å². The van der Waals surface area contributed by atoms with E-state index in [-0.39, 0.29) is 74.9 Å². The van der Waals surface area contributed by atoms with Gasteiger partial charge in [-0.1, -0.05) is 25.7 Å². The molecule has 2 aromatic heterocycles. The molecule has 2 amide bonds. The van der Waals surface area contributed by atoms with Gasteiger partial charge in [-0.05, 0) is 98.2 Å². The molecule has 1 N–H and O–H groups in total. The smallest absolute Gasteiger partial charge is 0.417 e. The van der Waals surface area contributed by atoms with Crippen LogP contribution >= 0.6 is 0 Å². The Kier molecular flexibility index (Phi) is 15.4. The fourth-order valence-electron chi connectivity index (χ4n) is 9.39. The van der Waals surface area contributed by atoms with Crippen molar-refractivity contribution in [3.05, 3.63) is 119 Å². The summed E-state index contributed by atoms with van der Waals surface area (Å²) in [5, 5.41) is 10.3. The number of methoxy groups -OCH3 is 1. The number of carboxylic acids is 1. The van der Waals surface area contributed by atoms with Gasteiger partial charge in [-0.2, -0.15) is 52.7 Å². The molecule has 4 aliphatic rings. The van der Waals surface area contributed by atoms with Gasteiger partial charge < -0.3 is 29.1 Å². The van der Waals surface area contributed by atoms with Crippen LogP contribution in [-0.4, -0.2) is 92.1 Å². The van der Waals surface area contributed by atoms with E-state index in [9.17, 15) is 77.0 Å². The average Bonchev–Trinajstić information content (AvgIpc) is 4.29. The van der Waals surface area contributed by atoms with Gasteiger partial charge in [-0.3, -0.25) is 19.6 Å². The van der Waals surface area contributed by atoms with Crippen LogP contribution in [0.15, 0.2) is 85.5 Å². The highest BCUT2D eigenvalue weighted by atomic mass is 19.4. The third kappa shape index (κ3) is 12.1. The summed E-state index contributed by atoms with van der Waals surface area (Å²) in [6, 6.07) is 6.42. The lowest BCUT2D eigenvalue weighted by atomic mass is 9.80.